The largest absolute Gasteiger partial charge is 0.483 e. The molecule has 1 amide bonds. The molecule has 6 nitrogen and oxygen atoms in total. The molecule has 8 heteroatoms. The maximum Gasteiger partial charge on any atom is 0.262 e. The fourth-order valence-corrected chi connectivity index (χ4v) is 3.91. The SMILES string of the molecule is Cc1cc(S(=O)(=O)NC(C)C)ccc1OCC(=O)Nc1cccc(Cl)c1C. The smallest absolute Gasteiger partial charge is 0.262 e. The maximum absolute atomic E-state index is 12.2. The molecule has 2 aromatic rings. The zero-order valence-electron chi connectivity index (χ0n) is 15.7. The third kappa shape index (κ3) is 5.69. The molecule has 0 atom stereocenters. The van der Waals surface area contributed by atoms with Gasteiger partial charge in [-0.3, -0.25) is 4.79 Å². The van der Waals surface area contributed by atoms with Crippen molar-refractivity contribution in [2.45, 2.75) is 38.6 Å². The van der Waals surface area contributed by atoms with E-state index >= 15 is 0 Å². The van der Waals surface area contributed by atoms with Crippen LogP contribution in [-0.4, -0.2) is 27.0 Å². The Morgan fingerprint density at radius 3 is 2.52 bits per heavy atom. The van der Waals surface area contributed by atoms with E-state index in [1.807, 2.05) is 6.92 Å². The van der Waals surface area contributed by atoms with Crippen LogP contribution in [0.2, 0.25) is 5.02 Å². The summed E-state index contributed by atoms with van der Waals surface area (Å²) in [5.74, 6) is 0.106. The second-order valence-electron chi connectivity index (χ2n) is 6.45. The molecule has 0 bridgehead atoms. The number of hydrogen-bond acceptors (Lipinski definition) is 4. The number of anilines is 1. The Labute approximate surface area is 164 Å². The molecule has 2 rings (SSSR count). The minimum absolute atomic E-state index is 0.153. The Morgan fingerprint density at radius 1 is 1.19 bits per heavy atom. The zero-order valence-corrected chi connectivity index (χ0v) is 17.2. The van der Waals surface area contributed by atoms with Crippen molar-refractivity contribution in [1.82, 2.24) is 4.72 Å². The summed E-state index contributed by atoms with van der Waals surface area (Å²) < 4.78 is 32.5. The van der Waals surface area contributed by atoms with E-state index in [9.17, 15) is 13.2 Å². The summed E-state index contributed by atoms with van der Waals surface area (Å²) in [6.07, 6.45) is 0. The van der Waals surface area contributed by atoms with Crippen molar-refractivity contribution >= 4 is 33.2 Å². The van der Waals surface area contributed by atoms with Crippen LogP contribution in [0, 0.1) is 13.8 Å². The first-order valence-corrected chi connectivity index (χ1v) is 10.3. The molecule has 0 aliphatic carbocycles. The lowest BCUT2D eigenvalue weighted by Gasteiger charge is -2.13. The van der Waals surface area contributed by atoms with E-state index in [1.54, 1.807) is 45.0 Å². The van der Waals surface area contributed by atoms with E-state index in [2.05, 4.69) is 10.0 Å². The molecule has 0 aliphatic heterocycles. The minimum atomic E-state index is -3.58. The van der Waals surface area contributed by atoms with Crippen molar-refractivity contribution in [3.8, 4) is 5.75 Å². The first-order valence-electron chi connectivity index (χ1n) is 8.41. The second-order valence-corrected chi connectivity index (χ2v) is 8.57. The number of amides is 1. The quantitative estimate of drug-likeness (QED) is 0.729. The first-order chi connectivity index (χ1) is 12.6. The summed E-state index contributed by atoms with van der Waals surface area (Å²) in [7, 11) is -3.58. The van der Waals surface area contributed by atoms with Crippen molar-refractivity contribution in [1.29, 1.82) is 0 Å². The molecule has 27 heavy (non-hydrogen) atoms. The highest BCUT2D eigenvalue weighted by Gasteiger charge is 2.17. The number of carbonyl (C=O) groups excluding carboxylic acids is 1. The van der Waals surface area contributed by atoms with Crippen molar-refractivity contribution in [2.24, 2.45) is 0 Å². The number of sulfonamides is 1. The summed E-state index contributed by atoms with van der Waals surface area (Å²) in [5.41, 5.74) is 2.01. The van der Waals surface area contributed by atoms with Gasteiger partial charge in [0.1, 0.15) is 5.75 Å². The van der Waals surface area contributed by atoms with E-state index in [1.165, 1.54) is 12.1 Å². The molecule has 146 valence electrons. The monoisotopic (exact) mass is 410 g/mol. The van der Waals surface area contributed by atoms with E-state index < -0.39 is 10.0 Å². The van der Waals surface area contributed by atoms with Gasteiger partial charge in [-0.1, -0.05) is 17.7 Å². The molecule has 0 saturated carbocycles. The lowest BCUT2D eigenvalue weighted by atomic mass is 10.2. The normalized spacial score (nSPS) is 11.5. The first kappa shape index (κ1) is 21.2. The molecular weight excluding hydrogens is 388 g/mol. The lowest BCUT2D eigenvalue weighted by Crippen LogP contribution is -2.30. The molecule has 2 N–H and O–H groups in total. The van der Waals surface area contributed by atoms with E-state index in [4.69, 9.17) is 16.3 Å². The predicted molar refractivity (Wildman–Crippen MR) is 107 cm³/mol. The standard InChI is InChI=1S/C19H23ClN2O4S/c1-12(2)22-27(24,25)15-8-9-18(13(3)10-15)26-11-19(23)21-17-7-5-6-16(20)14(17)4/h5-10,12,22H,11H2,1-4H3,(H,21,23). The average molecular weight is 411 g/mol. The van der Waals surface area contributed by atoms with Gasteiger partial charge < -0.3 is 10.1 Å². The van der Waals surface area contributed by atoms with Crippen LogP contribution in [-0.2, 0) is 14.8 Å². The molecule has 0 unspecified atom stereocenters. The van der Waals surface area contributed by atoms with E-state index in [-0.39, 0.29) is 23.5 Å². The number of benzene rings is 2. The van der Waals surface area contributed by atoms with Crippen LogP contribution in [0.1, 0.15) is 25.0 Å². The second kappa shape index (κ2) is 8.73. The number of hydrogen-bond donors (Lipinski definition) is 2. The van der Waals surface area contributed by atoms with E-state index in [0.29, 0.717) is 22.0 Å². The number of nitrogens with one attached hydrogen (secondary N) is 2. The molecular formula is C19H23ClN2O4S. The highest BCUT2D eigenvalue weighted by molar-refractivity contribution is 7.89. The third-order valence-corrected chi connectivity index (χ3v) is 5.81. The fourth-order valence-electron chi connectivity index (χ4n) is 2.40. The van der Waals surface area contributed by atoms with Crippen LogP contribution in [0.25, 0.3) is 0 Å². The zero-order chi connectivity index (χ0) is 20.2. The number of rotatable bonds is 7. The summed E-state index contributed by atoms with van der Waals surface area (Å²) in [6.45, 7) is 6.84. The van der Waals surface area contributed by atoms with Crippen molar-refractivity contribution in [3.05, 3.63) is 52.5 Å². The summed E-state index contributed by atoms with van der Waals surface area (Å²) in [6, 6.07) is 9.56. The van der Waals surface area contributed by atoms with Crippen LogP contribution in [0.4, 0.5) is 5.69 Å². The van der Waals surface area contributed by atoms with Crippen LogP contribution in [0.3, 0.4) is 0 Å². The van der Waals surface area contributed by atoms with Crippen molar-refractivity contribution in [3.63, 3.8) is 0 Å². The van der Waals surface area contributed by atoms with Gasteiger partial charge in [0.15, 0.2) is 6.61 Å². The van der Waals surface area contributed by atoms with Gasteiger partial charge in [-0.05, 0) is 69.2 Å². The molecule has 2 aromatic carbocycles. The fraction of sp³-hybridized carbons (Fsp3) is 0.316. The minimum Gasteiger partial charge on any atom is -0.483 e. The molecule has 0 fully saturated rings. The molecule has 0 spiro atoms. The molecule has 0 saturated heterocycles. The Kier molecular flexibility index (Phi) is 6.86. The topological polar surface area (TPSA) is 84.5 Å². The molecule has 0 aromatic heterocycles. The Bertz CT molecular complexity index is 943. The van der Waals surface area contributed by atoms with Gasteiger partial charge in [0.05, 0.1) is 4.90 Å². The summed E-state index contributed by atoms with van der Waals surface area (Å²) in [5, 5.41) is 3.31. The molecule has 0 radical (unpaired) electrons. The van der Waals surface area contributed by atoms with Crippen LogP contribution in [0.15, 0.2) is 41.3 Å². The maximum atomic E-state index is 12.2. The van der Waals surface area contributed by atoms with Crippen molar-refractivity contribution < 1.29 is 17.9 Å². The highest BCUT2D eigenvalue weighted by atomic mass is 35.5. The van der Waals surface area contributed by atoms with Crippen molar-refractivity contribution in [2.75, 3.05) is 11.9 Å². The predicted octanol–water partition coefficient (Wildman–Crippen LogP) is 3.66. The van der Waals surface area contributed by atoms with Gasteiger partial charge >= 0.3 is 0 Å². The Balaban J connectivity index is 2.04. The average Bonchev–Trinajstić information content (AvgIpc) is 2.56. The molecule has 0 aliphatic rings. The van der Waals surface area contributed by atoms with Gasteiger partial charge in [-0.25, -0.2) is 13.1 Å². The third-order valence-electron chi connectivity index (χ3n) is 3.75. The number of aryl methyl sites for hydroxylation is 1. The lowest BCUT2D eigenvalue weighted by molar-refractivity contribution is -0.118. The number of carbonyl (C=O) groups is 1. The van der Waals surface area contributed by atoms with Gasteiger partial charge in [0.2, 0.25) is 10.0 Å². The Hall–Kier alpha value is -2.09. The van der Waals surface area contributed by atoms with Gasteiger partial charge in [0, 0.05) is 16.8 Å². The summed E-state index contributed by atoms with van der Waals surface area (Å²) in [4.78, 5) is 12.3. The van der Waals surface area contributed by atoms with Crippen LogP contribution >= 0.6 is 11.6 Å². The summed E-state index contributed by atoms with van der Waals surface area (Å²) >= 11 is 6.04. The highest BCUT2D eigenvalue weighted by Crippen LogP contribution is 2.24. The Morgan fingerprint density at radius 2 is 1.89 bits per heavy atom. The van der Waals surface area contributed by atoms with Gasteiger partial charge in [0.25, 0.3) is 5.91 Å². The molecule has 0 heterocycles. The van der Waals surface area contributed by atoms with E-state index in [0.717, 1.165) is 5.56 Å². The van der Waals surface area contributed by atoms with Gasteiger partial charge in [-0.15, -0.1) is 0 Å². The number of halogens is 1. The van der Waals surface area contributed by atoms with Crippen LogP contribution < -0.4 is 14.8 Å². The number of ether oxygens (including phenoxy) is 1. The van der Waals surface area contributed by atoms with Crippen LogP contribution in [0.5, 0.6) is 5.75 Å². The van der Waals surface area contributed by atoms with Gasteiger partial charge in [-0.2, -0.15) is 0 Å².